The molecule has 0 spiro atoms. The van der Waals surface area contributed by atoms with Crippen LogP contribution in [0.2, 0.25) is 0 Å². The number of aryl methyl sites for hydroxylation is 1. The lowest BCUT2D eigenvalue weighted by Gasteiger charge is -2.29. The molecule has 2 aromatic heterocycles. The van der Waals surface area contributed by atoms with Crippen molar-refractivity contribution in [3.63, 3.8) is 0 Å². The molecule has 0 unspecified atom stereocenters. The third kappa shape index (κ3) is 4.59. The van der Waals surface area contributed by atoms with E-state index in [1.807, 2.05) is 61.5 Å². The number of esters is 1. The molecule has 9 heteroatoms. The molecular weight excluding hydrogens is 512 g/mol. The van der Waals surface area contributed by atoms with Crippen LogP contribution in [0.4, 0.5) is 5.69 Å². The topological polar surface area (TPSA) is 77.9 Å². The van der Waals surface area contributed by atoms with Crippen LogP contribution in [0.15, 0.2) is 72.9 Å². The Morgan fingerprint density at radius 1 is 0.949 bits per heavy atom. The molecule has 4 aromatic rings. The quantitative estimate of drug-likeness (QED) is 0.243. The molecule has 2 atom stereocenters. The highest BCUT2D eigenvalue weighted by atomic mass is 32.1. The summed E-state index contributed by atoms with van der Waals surface area (Å²) in [5.41, 5.74) is 5.88. The van der Waals surface area contributed by atoms with Gasteiger partial charge in [-0.15, -0.1) is 0 Å². The first kappa shape index (κ1) is 26.2. The fourth-order valence-corrected chi connectivity index (χ4v) is 5.66. The zero-order valence-electron chi connectivity index (χ0n) is 22.5. The molecule has 0 aliphatic carbocycles. The van der Waals surface area contributed by atoms with Gasteiger partial charge < -0.3 is 29.0 Å². The lowest BCUT2D eigenvalue weighted by Crippen LogP contribution is -2.30. The highest BCUT2D eigenvalue weighted by Crippen LogP contribution is 2.47. The van der Waals surface area contributed by atoms with Gasteiger partial charge in [-0.2, -0.15) is 0 Å². The van der Waals surface area contributed by atoms with Crippen molar-refractivity contribution in [2.24, 2.45) is 0 Å². The largest absolute Gasteiger partial charge is 0.497 e. The van der Waals surface area contributed by atoms with Crippen molar-refractivity contribution in [2.45, 2.75) is 25.9 Å². The maximum atomic E-state index is 12.6. The predicted molar refractivity (Wildman–Crippen MR) is 154 cm³/mol. The third-order valence-electron chi connectivity index (χ3n) is 7.08. The number of hydrogen-bond acceptors (Lipinski definition) is 6. The van der Waals surface area contributed by atoms with E-state index in [9.17, 15) is 4.79 Å². The van der Waals surface area contributed by atoms with E-state index < -0.39 is 0 Å². The SMILES string of the molecule is COC(=O)c1ccccc1-n1c(C)cc([C@@H]2[C@H](c3ccccn3)NC(=S)N2c2ccc(OC)cc2OC)c1C. The second-order valence-electron chi connectivity index (χ2n) is 9.20. The number of aromatic nitrogens is 2. The molecule has 0 saturated carbocycles. The Hall–Kier alpha value is -4.37. The molecule has 0 radical (unpaired) electrons. The van der Waals surface area contributed by atoms with E-state index in [4.69, 9.17) is 26.4 Å². The second kappa shape index (κ2) is 10.8. The normalized spacial score (nSPS) is 16.6. The standard InChI is InChI=1S/C30H30N4O4S/c1-18-16-22(19(2)33(18)24-12-7-6-10-21(24)29(35)38-5)28-27(23-11-8-9-15-31-23)32-30(39)34(28)25-14-13-20(36-3)17-26(25)37-4/h6-17,27-28H,1-5H3,(H,32,39)/t27-,28+/m0/s1. The van der Waals surface area contributed by atoms with Crippen LogP contribution in [0.3, 0.4) is 0 Å². The molecule has 8 nitrogen and oxygen atoms in total. The Bertz CT molecular complexity index is 1540. The van der Waals surface area contributed by atoms with E-state index in [1.165, 1.54) is 7.11 Å². The lowest BCUT2D eigenvalue weighted by molar-refractivity contribution is 0.0600. The van der Waals surface area contributed by atoms with Gasteiger partial charge >= 0.3 is 5.97 Å². The van der Waals surface area contributed by atoms with Crippen molar-refractivity contribution < 1.29 is 19.0 Å². The number of benzene rings is 2. The van der Waals surface area contributed by atoms with Gasteiger partial charge in [0.2, 0.25) is 0 Å². The van der Waals surface area contributed by atoms with E-state index in [1.54, 1.807) is 26.5 Å². The molecule has 1 aliphatic rings. The van der Waals surface area contributed by atoms with Crippen LogP contribution < -0.4 is 19.7 Å². The van der Waals surface area contributed by atoms with Gasteiger partial charge in [0.15, 0.2) is 5.11 Å². The fourth-order valence-electron chi connectivity index (χ4n) is 5.32. The molecule has 1 aliphatic heterocycles. The van der Waals surface area contributed by atoms with Crippen LogP contribution in [-0.2, 0) is 4.74 Å². The summed E-state index contributed by atoms with van der Waals surface area (Å²) >= 11 is 5.92. The van der Waals surface area contributed by atoms with E-state index in [-0.39, 0.29) is 18.1 Å². The van der Waals surface area contributed by atoms with Gasteiger partial charge in [-0.25, -0.2) is 4.79 Å². The number of nitrogens with zero attached hydrogens (tertiary/aromatic N) is 3. The number of anilines is 1. The zero-order valence-corrected chi connectivity index (χ0v) is 23.3. The first-order chi connectivity index (χ1) is 18.9. The monoisotopic (exact) mass is 542 g/mol. The first-order valence-corrected chi connectivity index (χ1v) is 12.9. The van der Waals surface area contributed by atoms with Gasteiger partial charge in [-0.05, 0) is 74.1 Å². The van der Waals surface area contributed by atoms with Gasteiger partial charge in [0.25, 0.3) is 0 Å². The Morgan fingerprint density at radius 3 is 2.41 bits per heavy atom. The Balaban J connectivity index is 1.72. The minimum absolute atomic E-state index is 0.240. The van der Waals surface area contributed by atoms with Crippen LogP contribution >= 0.6 is 12.2 Å². The maximum absolute atomic E-state index is 12.6. The number of nitrogens with one attached hydrogen (secondary N) is 1. The van der Waals surface area contributed by atoms with E-state index in [0.717, 1.165) is 34.0 Å². The van der Waals surface area contributed by atoms with Crippen LogP contribution in [-0.4, -0.2) is 42.0 Å². The summed E-state index contributed by atoms with van der Waals surface area (Å²) in [4.78, 5) is 19.4. The molecule has 39 heavy (non-hydrogen) atoms. The summed E-state index contributed by atoms with van der Waals surface area (Å²) in [6, 6.07) is 20.6. The number of para-hydroxylation sites is 1. The fraction of sp³-hybridized carbons (Fsp3) is 0.233. The van der Waals surface area contributed by atoms with Crippen LogP contribution in [0.5, 0.6) is 11.5 Å². The molecule has 3 heterocycles. The number of rotatable bonds is 7. The Morgan fingerprint density at radius 2 is 1.72 bits per heavy atom. The number of carbonyl (C=O) groups excluding carboxylic acids is 1. The Labute approximate surface area is 233 Å². The van der Waals surface area contributed by atoms with Gasteiger partial charge in [-0.1, -0.05) is 18.2 Å². The molecule has 2 aromatic carbocycles. The minimum Gasteiger partial charge on any atom is -0.497 e. The van der Waals surface area contributed by atoms with E-state index in [0.29, 0.717) is 22.2 Å². The molecule has 1 fully saturated rings. The third-order valence-corrected chi connectivity index (χ3v) is 7.40. The van der Waals surface area contributed by atoms with Crippen LogP contribution in [0.25, 0.3) is 5.69 Å². The van der Waals surface area contributed by atoms with E-state index >= 15 is 0 Å². The molecule has 1 N–H and O–H groups in total. The van der Waals surface area contributed by atoms with Crippen molar-refractivity contribution in [1.82, 2.24) is 14.9 Å². The number of hydrogen-bond donors (Lipinski definition) is 1. The lowest BCUT2D eigenvalue weighted by atomic mass is 9.96. The Kier molecular flexibility index (Phi) is 7.26. The number of methoxy groups -OCH3 is 3. The summed E-state index contributed by atoms with van der Waals surface area (Å²) in [7, 11) is 4.64. The van der Waals surface area contributed by atoms with Gasteiger partial charge in [-0.3, -0.25) is 4.98 Å². The molecule has 0 bridgehead atoms. The van der Waals surface area contributed by atoms with Crippen molar-refractivity contribution in [2.75, 3.05) is 26.2 Å². The van der Waals surface area contributed by atoms with Gasteiger partial charge in [0, 0.05) is 23.7 Å². The molecular formula is C30H30N4O4S. The average Bonchev–Trinajstić information content (AvgIpc) is 3.46. The van der Waals surface area contributed by atoms with Crippen LogP contribution in [0, 0.1) is 13.8 Å². The maximum Gasteiger partial charge on any atom is 0.339 e. The first-order valence-electron chi connectivity index (χ1n) is 12.5. The summed E-state index contributed by atoms with van der Waals surface area (Å²) in [6.07, 6.45) is 1.78. The summed E-state index contributed by atoms with van der Waals surface area (Å²) in [5.74, 6) is 0.929. The van der Waals surface area contributed by atoms with Crippen molar-refractivity contribution >= 4 is 29.0 Å². The van der Waals surface area contributed by atoms with Gasteiger partial charge in [0.1, 0.15) is 11.5 Å². The number of pyridine rings is 1. The number of thiocarbonyl (C=S) groups is 1. The van der Waals surface area contributed by atoms with E-state index in [2.05, 4.69) is 32.8 Å². The summed E-state index contributed by atoms with van der Waals surface area (Å²) < 4.78 is 18.4. The van der Waals surface area contributed by atoms with Crippen molar-refractivity contribution in [3.8, 4) is 17.2 Å². The average molecular weight is 543 g/mol. The summed E-state index contributed by atoms with van der Waals surface area (Å²) in [5, 5.41) is 4.06. The molecule has 0 amide bonds. The zero-order chi connectivity index (χ0) is 27.7. The van der Waals surface area contributed by atoms with Crippen molar-refractivity contribution in [3.05, 3.63) is 101 Å². The predicted octanol–water partition coefficient (Wildman–Crippen LogP) is 5.47. The highest BCUT2D eigenvalue weighted by Gasteiger charge is 2.43. The van der Waals surface area contributed by atoms with Crippen molar-refractivity contribution in [1.29, 1.82) is 0 Å². The number of carbonyl (C=O) groups is 1. The molecule has 5 rings (SSSR count). The highest BCUT2D eigenvalue weighted by molar-refractivity contribution is 7.80. The summed E-state index contributed by atoms with van der Waals surface area (Å²) in [6.45, 7) is 4.08. The second-order valence-corrected chi connectivity index (χ2v) is 9.59. The van der Waals surface area contributed by atoms with Gasteiger partial charge in [0.05, 0.1) is 56.0 Å². The van der Waals surface area contributed by atoms with Crippen LogP contribution in [0.1, 0.15) is 45.1 Å². The molecule has 1 saturated heterocycles. The smallest absolute Gasteiger partial charge is 0.339 e. The number of ether oxygens (including phenoxy) is 3. The molecule has 200 valence electrons. The minimum atomic E-state index is -0.390.